The largest absolute Gasteiger partial charge is 0.398 e. The SMILES string of the molecule is CCN1CCC(CNC(=O)c2cc(N)c(C)c(F)c2)C1. The van der Waals surface area contributed by atoms with Crippen LogP contribution in [0.15, 0.2) is 12.1 Å². The molecule has 5 heteroatoms. The number of nitrogens with two attached hydrogens (primary N) is 1. The molecular formula is C15H22FN3O. The normalized spacial score (nSPS) is 19.2. The summed E-state index contributed by atoms with van der Waals surface area (Å²) in [5, 5.41) is 2.87. The number of nitrogens with zero attached hydrogens (tertiary/aromatic N) is 1. The second-order valence-electron chi connectivity index (χ2n) is 5.43. The molecule has 0 spiro atoms. The van der Waals surface area contributed by atoms with Gasteiger partial charge in [0.15, 0.2) is 0 Å². The molecule has 1 amide bonds. The van der Waals surface area contributed by atoms with Gasteiger partial charge in [0, 0.05) is 29.9 Å². The van der Waals surface area contributed by atoms with Gasteiger partial charge in [-0.05, 0) is 44.5 Å². The molecule has 0 bridgehead atoms. The summed E-state index contributed by atoms with van der Waals surface area (Å²) in [6.07, 6.45) is 1.10. The highest BCUT2D eigenvalue weighted by Gasteiger charge is 2.21. The molecule has 1 aromatic rings. The van der Waals surface area contributed by atoms with E-state index in [0.29, 0.717) is 23.7 Å². The number of amides is 1. The summed E-state index contributed by atoms with van der Waals surface area (Å²) < 4.78 is 13.6. The first-order valence-electron chi connectivity index (χ1n) is 7.07. The Morgan fingerprint density at radius 1 is 1.55 bits per heavy atom. The van der Waals surface area contributed by atoms with E-state index in [0.717, 1.165) is 26.1 Å². The van der Waals surface area contributed by atoms with Crippen molar-refractivity contribution in [3.8, 4) is 0 Å². The number of nitrogens with one attached hydrogen (secondary N) is 1. The van der Waals surface area contributed by atoms with Crippen LogP contribution in [0.3, 0.4) is 0 Å². The van der Waals surface area contributed by atoms with E-state index in [1.165, 1.54) is 12.1 Å². The van der Waals surface area contributed by atoms with Gasteiger partial charge in [-0.25, -0.2) is 4.39 Å². The highest BCUT2D eigenvalue weighted by atomic mass is 19.1. The van der Waals surface area contributed by atoms with E-state index in [-0.39, 0.29) is 11.5 Å². The molecule has 0 radical (unpaired) electrons. The lowest BCUT2D eigenvalue weighted by atomic mass is 10.1. The summed E-state index contributed by atoms with van der Waals surface area (Å²) in [6, 6.07) is 2.77. The van der Waals surface area contributed by atoms with Gasteiger partial charge in [0.25, 0.3) is 5.91 Å². The van der Waals surface area contributed by atoms with Crippen LogP contribution in [0.4, 0.5) is 10.1 Å². The second kappa shape index (κ2) is 6.22. The number of hydrogen-bond donors (Lipinski definition) is 2. The van der Waals surface area contributed by atoms with Crippen molar-refractivity contribution in [2.45, 2.75) is 20.3 Å². The highest BCUT2D eigenvalue weighted by Crippen LogP contribution is 2.18. The first kappa shape index (κ1) is 14.8. The molecule has 1 aromatic carbocycles. The fourth-order valence-corrected chi connectivity index (χ4v) is 2.54. The van der Waals surface area contributed by atoms with Crippen molar-refractivity contribution < 1.29 is 9.18 Å². The average Bonchev–Trinajstić information content (AvgIpc) is 2.89. The van der Waals surface area contributed by atoms with E-state index >= 15 is 0 Å². The molecule has 1 saturated heterocycles. The van der Waals surface area contributed by atoms with Crippen molar-refractivity contribution >= 4 is 11.6 Å². The molecular weight excluding hydrogens is 257 g/mol. The Hall–Kier alpha value is -1.62. The Kier molecular flexibility index (Phi) is 4.60. The predicted molar refractivity (Wildman–Crippen MR) is 78.1 cm³/mol. The summed E-state index contributed by atoms with van der Waals surface area (Å²) in [6.45, 7) is 7.52. The summed E-state index contributed by atoms with van der Waals surface area (Å²) >= 11 is 0. The predicted octanol–water partition coefficient (Wildman–Crippen LogP) is 1.79. The number of carbonyl (C=O) groups is 1. The van der Waals surface area contributed by atoms with Crippen LogP contribution in [-0.4, -0.2) is 37.0 Å². The van der Waals surface area contributed by atoms with Crippen molar-refractivity contribution in [2.75, 3.05) is 31.9 Å². The number of anilines is 1. The maximum absolute atomic E-state index is 13.6. The van der Waals surface area contributed by atoms with E-state index in [1.807, 2.05) is 0 Å². The van der Waals surface area contributed by atoms with Crippen LogP contribution in [-0.2, 0) is 0 Å². The Bertz CT molecular complexity index is 481. The average molecular weight is 279 g/mol. The third-order valence-electron chi connectivity index (χ3n) is 4.02. The standard InChI is InChI=1S/C15H22FN3O/c1-3-19-5-4-11(9-19)8-18-15(20)12-6-13(16)10(2)14(17)7-12/h6-7,11H,3-5,8-9,17H2,1-2H3,(H,18,20). The second-order valence-corrected chi connectivity index (χ2v) is 5.43. The molecule has 110 valence electrons. The van der Waals surface area contributed by atoms with Crippen LogP contribution in [0.25, 0.3) is 0 Å². The molecule has 1 fully saturated rings. The third kappa shape index (κ3) is 3.28. The topological polar surface area (TPSA) is 58.4 Å². The van der Waals surface area contributed by atoms with E-state index in [9.17, 15) is 9.18 Å². The molecule has 2 rings (SSSR count). The third-order valence-corrected chi connectivity index (χ3v) is 4.02. The maximum atomic E-state index is 13.6. The van der Waals surface area contributed by atoms with Crippen LogP contribution < -0.4 is 11.1 Å². The molecule has 3 N–H and O–H groups in total. The Morgan fingerprint density at radius 2 is 2.30 bits per heavy atom. The fourth-order valence-electron chi connectivity index (χ4n) is 2.54. The zero-order valence-corrected chi connectivity index (χ0v) is 12.1. The minimum absolute atomic E-state index is 0.259. The summed E-state index contributed by atoms with van der Waals surface area (Å²) in [4.78, 5) is 14.4. The molecule has 1 heterocycles. The Balaban J connectivity index is 1.92. The Morgan fingerprint density at radius 3 is 2.90 bits per heavy atom. The molecule has 1 aliphatic rings. The van der Waals surface area contributed by atoms with E-state index in [1.54, 1.807) is 6.92 Å². The summed E-state index contributed by atoms with van der Waals surface area (Å²) in [5.74, 6) is -0.217. The van der Waals surface area contributed by atoms with Crippen molar-refractivity contribution in [3.05, 3.63) is 29.1 Å². The first-order chi connectivity index (χ1) is 9.51. The van der Waals surface area contributed by atoms with Gasteiger partial charge in [0.2, 0.25) is 0 Å². The number of halogens is 1. The first-order valence-corrected chi connectivity index (χ1v) is 7.07. The summed E-state index contributed by atoms with van der Waals surface area (Å²) in [5.41, 5.74) is 6.67. The van der Waals surface area contributed by atoms with Gasteiger partial charge in [-0.15, -0.1) is 0 Å². The molecule has 0 aliphatic carbocycles. The summed E-state index contributed by atoms with van der Waals surface area (Å²) in [7, 11) is 0. The number of hydrogen-bond acceptors (Lipinski definition) is 3. The highest BCUT2D eigenvalue weighted by molar-refractivity contribution is 5.95. The smallest absolute Gasteiger partial charge is 0.251 e. The van der Waals surface area contributed by atoms with Crippen LogP contribution in [0.2, 0.25) is 0 Å². The minimum Gasteiger partial charge on any atom is -0.398 e. The van der Waals surface area contributed by atoms with Gasteiger partial charge in [-0.1, -0.05) is 6.92 Å². The van der Waals surface area contributed by atoms with Crippen LogP contribution in [0.1, 0.15) is 29.3 Å². The molecule has 0 aromatic heterocycles. The number of nitrogen functional groups attached to an aromatic ring is 1. The van der Waals surface area contributed by atoms with Crippen molar-refractivity contribution in [1.82, 2.24) is 10.2 Å². The van der Waals surface area contributed by atoms with Crippen LogP contribution in [0.5, 0.6) is 0 Å². The van der Waals surface area contributed by atoms with E-state index in [4.69, 9.17) is 5.73 Å². The lowest BCUT2D eigenvalue weighted by Crippen LogP contribution is -2.31. The number of benzene rings is 1. The minimum atomic E-state index is -0.437. The van der Waals surface area contributed by atoms with E-state index in [2.05, 4.69) is 17.1 Å². The van der Waals surface area contributed by atoms with Crippen LogP contribution in [0, 0.1) is 18.7 Å². The number of carbonyl (C=O) groups excluding carboxylic acids is 1. The lowest BCUT2D eigenvalue weighted by Gasteiger charge is -2.14. The number of rotatable bonds is 4. The number of likely N-dealkylation sites (tertiary alicyclic amines) is 1. The van der Waals surface area contributed by atoms with Gasteiger partial charge < -0.3 is 16.0 Å². The molecule has 4 nitrogen and oxygen atoms in total. The van der Waals surface area contributed by atoms with Crippen molar-refractivity contribution in [1.29, 1.82) is 0 Å². The van der Waals surface area contributed by atoms with Crippen molar-refractivity contribution in [3.63, 3.8) is 0 Å². The fraction of sp³-hybridized carbons (Fsp3) is 0.533. The van der Waals surface area contributed by atoms with Crippen molar-refractivity contribution in [2.24, 2.45) is 5.92 Å². The van der Waals surface area contributed by atoms with Gasteiger partial charge in [-0.2, -0.15) is 0 Å². The van der Waals surface area contributed by atoms with Gasteiger partial charge >= 0.3 is 0 Å². The monoisotopic (exact) mass is 279 g/mol. The molecule has 20 heavy (non-hydrogen) atoms. The lowest BCUT2D eigenvalue weighted by molar-refractivity contribution is 0.0947. The van der Waals surface area contributed by atoms with Gasteiger partial charge in [0.1, 0.15) is 5.82 Å². The maximum Gasteiger partial charge on any atom is 0.251 e. The Labute approximate surface area is 119 Å². The quantitative estimate of drug-likeness (QED) is 0.826. The van der Waals surface area contributed by atoms with Gasteiger partial charge in [0.05, 0.1) is 0 Å². The van der Waals surface area contributed by atoms with E-state index < -0.39 is 5.82 Å². The van der Waals surface area contributed by atoms with Gasteiger partial charge in [-0.3, -0.25) is 4.79 Å². The molecule has 0 saturated carbocycles. The van der Waals surface area contributed by atoms with Crippen LogP contribution >= 0.6 is 0 Å². The zero-order valence-electron chi connectivity index (χ0n) is 12.1. The molecule has 1 atom stereocenters. The zero-order chi connectivity index (χ0) is 14.7. The molecule has 1 aliphatic heterocycles. The molecule has 1 unspecified atom stereocenters.